The molecule has 1 N–H and O–H groups in total. The Bertz CT molecular complexity index is 1320. The monoisotopic (exact) mass is 486 g/mol. The van der Waals surface area contributed by atoms with Crippen molar-refractivity contribution in [2.75, 3.05) is 5.32 Å². The van der Waals surface area contributed by atoms with E-state index in [4.69, 9.17) is 5.10 Å². The van der Waals surface area contributed by atoms with Gasteiger partial charge in [0.1, 0.15) is 11.1 Å². The van der Waals surface area contributed by atoms with Gasteiger partial charge in [-0.1, -0.05) is 84.1 Å². The molecule has 0 bridgehead atoms. The van der Waals surface area contributed by atoms with E-state index in [1.807, 2.05) is 37.3 Å². The molecule has 2 atom stereocenters. The molecule has 5 rings (SSSR count). The van der Waals surface area contributed by atoms with Crippen LogP contribution in [0.15, 0.2) is 89.0 Å². The summed E-state index contributed by atoms with van der Waals surface area (Å²) in [5.41, 5.74) is 4.24. The number of rotatable bonds is 5. The van der Waals surface area contributed by atoms with E-state index >= 15 is 0 Å². The van der Waals surface area contributed by atoms with E-state index in [2.05, 4.69) is 34.6 Å². The van der Waals surface area contributed by atoms with Crippen molar-refractivity contribution in [2.24, 2.45) is 10.1 Å². The van der Waals surface area contributed by atoms with Gasteiger partial charge in [-0.25, -0.2) is 9.40 Å². The van der Waals surface area contributed by atoms with Crippen LogP contribution in [0.4, 0.5) is 10.1 Å². The molecule has 2 heterocycles. The zero-order chi connectivity index (χ0) is 24.4. The normalized spacial score (nSPS) is 19.5. The molecule has 0 saturated carbocycles. The number of aryl methyl sites for hydroxylation is 1. The standard InChI is InChI=1S/C27H23FN4O2S/c1-17-11-13-19(14-12-17)23-15-22(18-7-3-2-4-8-18)31-32(23)27-30-26(34)24(35-27)16-25(33)29-21-10-6-5-9-20(21)28/h2-14,23-24H,15-16H2,1H3,(H,29,33)/t23-,24-/m1/s1. The van der Waals surface area contributed by atoms with Crippen LogP contribution in [0.2, 0.25) is 0 Å². The molecule has 0 spiro atoms. The first-order valence-corrected chi connectivity index (χ1v) is 12.2. The number of amidine groups is 1. The van der Waals surface area contributed by atoms with Gasteiger partial charge in [-0.15, -0.1) is 0 Å². The van der Waals surface area contributed by atoms with Crippen molar-refractivity contribution >= 4 is 40.1 Å². The molecule has 0 unspecified atom stereocenters. The summed E-state index contributed by atoms with van der Waals surface area (Å²) in [6, 6.07) is 24.0. The van der Waals surface area contributed by atoms with Crippen LogP contribution in [0.3, 0.4) is 0 Å². The minimum absolute atomic E-state index is 0.0881. The summed E-state index contributed by atoms with van der Waals surface area (Å²) in [5.74, 6) is -1.36. The van der Waals surface area contributed by atoms with E-state index in [1.54, 1.807) is 17.1 Å². The van der Waals surface area contributed by atoms with Gasteiger partial charge in [0.25, 0.3) is 5.91 Å². The number of hydrogen-bond donors (Lipinski definition) is 1. The second kappa shape index (κ2) is 9.84. The van der Waals surface area contributed by atoms with E-state index in [9.17, 15) is 14.0 Å². The number of anilines is 1. The Morgan fingerprint density at radius 3 is 2.51 bits per heavy atom. The topological polar surface area (TPSA) is 74.1 Å². The van der Waals surface area contributed by atoms with Gasteiger partial charge in [0.15, 0.2) is 5.17 Å². The summed E-state index contributed by atoms with van der Waals surface area (Å²) >= 11 is 1.22. The van der Waals surface area contributed by atoms with Gasteiger partial charge in [0.05, 0.1) is 17.4 Å². The van der Waals surface area contributed by atoms with Crippen LogP contribution >= 0.6 is 11.8 Å². The lowest BCUT2D eigenvalue weighted by Gasteiger charge is -2.23. The molecule has 0 fully saturated rings. The molecule has 176 valence electrons. The number of amides is 2. The third kappa shape index (κ3) is 5.02. The lowest BCUT2D eigenvalue weighted by molar-refractivity contribution is -0.121. The molecule has 2 aliphatic heterocycles. The number of para-hydroxylation sites is 1. The maximum atomic E-state index is 13.9. The maximum Gasteiger partial charge on any atom is 0.262 e. The molecule has 2 aliphatic rings. The third-order valence-corrected chi connectivity index (χ3v) is 7.07. The van der Waals surface area contributed by atoms with Gasteiger partial charge in [0.2, 0.25) is 5.91 Å². The number of carbonyl (C=O) groups is 2. The summed E-state index contributed by atoms with van der Waals surface area (Å²) in [6.45, 7) is 2.04. The van der Waals surface area contributed by atoms with Crippen molar-refractivity contribution in [1.82, 2.24) is 5.01 Å². The predicted molar refractivity (Wildman–Crippen MR) is 137 cm³/mol. The van der Waals surface area contributed by atoms with E-state index in [0.29, 0.717) is 11.6 Å². The number of benzene rings is 3. The fourth-order valence-corrected chi connectivity index (χ4v) is 5.14. The van der Waals surface area contributed by atoms with Gasteiger partial charge in [-0.05, 0) is 30.2 Å². The molecule has 0 radical (unpaired) electrons. The van der Waals surface area contributed by atoms with Crippen molar-refractivity contribution in [3.8, 4) is 0 Å². The van der Waals surface area contributed by atoms with Crippen LogP contribution in [-0.2, 0) is 9.59 Å². The molecule has 0 saturated heterocycles. The van der Waals surface area contributed by atoms with E-state index in [0.717, 1.165) is 22.4 Å². The van der Waals surface area contributed by atoms with Crippen LogP contribution in [0.5, 0.6) is 0 Å². The average molecular weight is 487 g/mol. The minimum Gasteiger partial charge on any atom is -0.324 e. The first-order chi connectivity index (χ1) is 17.0. The van der Waals surface area contributed by atoms with Crippen molar-refractivity contribution in [1.29, 1.82) is 0 Å². The van der Waals surface area contributed by atoms with Gasteiger partial charge < -0.3 is 5.32 Å². The fraction of sp³-hybridized carbons (Fsp3) is 0.185. The SMILES string of the molecule is Cc1ccc([C@H]2CC(c3ccccc3)=NN2C2=NC(=O)[C@@H](CC(=O)Nc3ccccc3F)S2)cc1. The molecule has 3 aromatic rings. The van der Waals surface area contributed by atoms with E-state index < -0.39 is 17.0 Å². The number of hydrazone groups is 1. The molecule has 35 heavy (non-hydrogen) atoms. The Morgan fingerprint density at radius 2 is 1.77 bits per heavy atom. The number of halogens is 1. The molecule has 3 aromatic carbocycles. The molecule has 2 amide bonds. The minimum atomic E-state index is -0.689. The van der Waals surface area contributed by atoms with Crippen molar-refractivity contribution in [3.05, 3.63) is 101 Å². The number of aliphatic imine (C=N–C) groups is 1. The summed E-state index contributed by atoms with van der Waals surface area (Å²) < 4.78 is 13.9. The molecule has 6 nitrogen and oxygen atoms in total. The predicted octanol–water partition coefficient (Wildman–Crippen LogP) is 5.31. The highest BCUT2D eigenvalue weighted by molar-refractivity contribution is 8.15. The van der Waals surface area contributed by atoms with Crippen molar-refractivity contribution in [2.45, 2.75) is 31.1 Å². The Morgan fingerprint density at radius 1 is 1.06 bits per heavy atom. The van der Waals surface area contributed by atoms with Gasteiger partial charge in [0, 0.05) is 12.8 Å². The summed E-state index contributed by atoms with van der Waals surface area (Å²) in [6.07, 6.45) is 0.558. The molecule has 0 aromatic heterocycles. The van der Waals surface area contributed by atoms with Crippen LogP contribution in [0.25, 0.3) is 0 Å². The lowest BCUT2D eigenvalue weighted by Crippen LogP contribution is -2.25. The average Bonchev–Trinajstić information content (AvgIpc) is 3.46. The van der Waals surface area contributed by atoms with E-state index in [1.165, 1.54) is 23.9 Å². The van der Waals surface area contributed by atoms with Crippen molar-refractivity contribution < 1.29 is 14.0 Å². The lowest BCUT2D eigenvalue weighted by atomic mass is 9.98. The Hall–Kier alpha value is -3.78. The number of nitrogens with zero attached hydrogens (tertiary/aromatic N) is 3. The van der Waals surface area contributed by atoms with Crippen LogP contribution in [0, 0.1) is 12.7 Å². The first-order valence-electron chi connectivity index (χ1n) is 11.3. The van der Waals surface area contributed by atoms with Crippen LogP contribution in [0.1, 0.15) is 35.6 Å². The Balaban J connectivity index is 1.35. The highest BCUT2D eigenvalue weighted by atomic mass is 32.2. The number of nitrogens with one attached hydrogen (secondary N) is 1. The van der Waals surface area contributed by atoms with Gasteiger partial charge >= 0.3 is 0 Å². The second-order valence-electron chi connectivity index (χ2n) is 8.46. The number of carbonyl (C=O) groups excluding carboxylic acids is 2. The fourth-order valence-electron chi connectivity index (χ4n) is 4.08. The third-order valence-electron chi connectivity index (χ3n) is 5.92. The zero-order valence-electron chi connectivity index (χ0n) is 19.0. The van der Waals surface area contributed by atoms with Crippen LogP contribution in [-0.4, -0.2) is 33.0 Å². The number of hydrogen-bond acceptors (Lipinski definition) is 5. The van der Waals surface area contributed by atoms with E-state index in [-0.39, 0.29) is 24.1 Å². The first kappa shape index (κ1) is 23.0. The highest BCUT2D eigenvalue weighted by Crippen LogP contribution is 2.38. The zero-order valence-corrected chi connectivity index (χ0v) is 19.8. The highest BCUT2D eigenvalue weighted by Gasteiger charge is 2.39. The van der Waals surface area contributed by atoms with Crippen molar-refractivity contribution in [3.63, 3.8) is 0 Å². The molecule has 0 aliphatic carbocycles. The second-order valence-corrected chi connectivity index (χ2v) is 9.63. The summed E-state index contributed by atoms with van der Waals surface area (Å²) in [4.78, 5) is 29.5. The Labute approximate surface area is 207 Å². The molecular formula is C27H23FN4O2S. The summed E-state index contributed by atoms with van der Waals surface area (Å²) in [7, 11) is 0. The largest absolute Gasteiger partial charge is 0.324 e. The van der Waals surface area contributed by atoms with Gasteiger partial charge in [-0.3, -0.25) is 9.59 Å². The van der Waals surface area contributed by atoms with Crippen LogP contribution < -0.4 is 5.32 Å². The Kier molecular flexibility index (Phi) is 6.46. The summed E-state index contributed by atoms with van der Waals surface area (Å²) in [5, 5.41) is 8.96. The molecule has 8 heteroatoms. The maximum absolute atomic E-state index is 13.9. The molecular weight excluding hydrogens is 463 g/mol. The smallest absolute Gasteiger partial charge is 0.262 e. The quantitative estimate of drug-likeness (QED) is 0.530. The number of thioether (sulfide) groups is 1. The van der Waals surface area contributed by atoms with Gasteiger partial charge in [-0.2, -0.15) is 10.1 Å².